The summed E-state index contributed by atoms with van der Waals surface area (Å²) in [6.07, 6.45) is 13.8. The van der Waals surface area contributed by atoms with Gasteiger partial charge in [-0.3, -0.25) is 28.9 Å². The van der Waals surface area contributed by atoms with E-state index in [1.165, 1.54) is 4.31 Å². The number of likely N-dealkylation sites (tertiary alicyclic amines) is 2. The van der Waals surface area contributed by atoms with E-state index in [0.717, 1.165) is 90.0 Å². The van der Waals surface area contributed by atoms with Crippen molar-refractivity contribution in [3.8, 4) is 0 Å². The van der Waals surface area contributed by atoms with Crippen molar-refractivity contribution in [3.63, 3.8) is 0 Å². The smallest absolute Gasteiger partial charge is 0.303 e. The summed E-state index contributed by atoms with van der Waals surface area (Å²) in [5, 5.41) is 3.29. The van der Waals surface area contributed by atoms with E-state index in [-0.39, 0.29) is 76.4 Å². The third kappa shape index (κ3) is 7.83. The maximum Gasteiger partial charge on any atom is 0.303 e. The number of hydrogen-bond acceptors (Lipinski definition) is 8. The topological polar surface area (TPSA) is 153 Å². The Morgan fingerprint density at radius 3 is 1.98 bits per heavy atom. The predicted molar refractivity (Wildman–Crippen MR) is 231 cm³/mol. The zero-order valence-electron chi connectivity index (χ0n) is 38.2. The summed E-state index contributed by atoms with van der Waals surface area (Å²) in [6, 6.07) is -1.51. The minimum atomic E-state index is -4.03. The Balaban J connectivity index is 1.15. The lowest BCUT2D eigenvalue weighted by molar-refractivity contribution is -0.147. The van der Waals surface area contributed by atoms with E-state index in [2.05, 4.69) is 42.6 Å². The number of amides is 3. The number of piperidine rings is 1. The van der Waals surface area contributed by atoms with Gasteiger partial charge in [-0.15, -0.1) is 0 Å². The molecule has 12 nitrogen and oxygen atoms in total. The van der Waals surface area contributed by atoms with E-state index >= 15 is 4.79 Å². The largest absolute Gasteiger partial charge is 0.345 e. The van der Waals surface area contributed by atoms with Gasteiger partial charge < -0.3 is 10.2 Å². The van der Waals surface area contributed by atoms with Crippen molar-refractivity contribution in [2.24, 2.45) is 44.8 Å². The molecular weight excluding hydrogens is 779 g/mol. The average molecular weight is 856 g/mol. The first-order valence-corrected chi connectivity index (χ1v) is 25.3. The van der Waals surface area contributed by atoms with E-state index in [9.17, 15) is 27.6 Å². The van der Waals surface area contributed by atoms with E-state index in [4.69, 9.17) is 0 Å². The SMILES string of the molecule is CC[C@@H]1C[C@]1(CC(=O)[C@@H]1C[C@@]2(CN1C(=O)[C@@H](CC(=O)[C@@H](NC(=O)[C@H]1CCCCN1C(C)C)C1CCCCC1)C(C)(C)C)C(C)(C)C21CCC1)C(=O)NS(=O)(=O)N1CCCC1. The monoisotopic (exact) mass is 856 g/mol. The quantitative estimate of drug-likeness (QED) is 0.188. The standard InChI is InChI=1S/C47H77N5O7S/c1-9-33-27-45(33,42(57)49-60(58,59)50-23-15-16-24-50)29-38(54)36-28-47(44(7,8)46(47)21-17-22-46)30-52(36)41(56)34(43(4,5)6)26-37(53)39(32-18-11-10-12-19-32)48-40(55)35-20-13-14-25-51(35)31(2)3/h31-36,39H,9-30H2,1-8H3,(H,48,55)(H,49,57)/t33-,34-,35-,36+,39+,45-,47-/m1/s1. The van der Waals surface area contributed by atoms with Crippen LogP contribution in [0.25, 0.3) is 0 Å². The lowest BCUT2D eigenvalue weighted by Crippen LogP contribution is -2.57. The molecule has 0 aromatic heterocycles. The third-order valence-electron chi connectivity index (χ3n) is 17.8. The van der Waals surface area contributed by atoms with Gasteiger partial charge in [0.25, 0.3) is 0 Å². The number of carbonyl (C=O) groups excluding carboxylic acids is 5. The van der Waals surface area contributed by atoms with Crippen LogP contribution in [0, 0.1) is 44.8 Å². The van der Waals surface area contributed by atoms with Crippen molar-refractivity contribution in [1.29, 1.82) is 0 Å². The molecule has 3 amide bonds. The van der Waals surface area contributed by atoms with Crippen molar-refractivity contribution < 1.29 is 32.4 Å². The predicted octanol–water partition coefficient (Wildman–Crippen LogP) is 6.57. The highest BCUT2D eigenvalue weighted by Gasteiger charge is 2.85. The fraction of sp³-hybridized carbons (Fsp3) is 0.894. The molecular formula is C47H77N5O7S. The van der Waals surface area contributed by atoms with Gasteiger partial charge in [-0.25, -0.2) is 4.72 Å². The normalized spacial score (nSPS) is 32.8. The molecule has 4 saturated carbocycles. The molecule has 3 saturated heterocycles. The number of fused-ring (bicyclic) bond motifs is 1. The van der Waals surface area contributed by atoms with Crippen LogP contribution in [-0.2, 0) is 34.2 Å². The second kappa shape index (κ2) is 16.6. The van der Waals surface area contributed by atoms with Crippen molar-refractivity contribution in [3.05, 3.63) is 0 Å². The number of carbonyl (C=O) groups is 5. The highest BCUT2D eigenvalue weighted by molar-refractivity contribution is 7.87. The van der Waals surface area contributed by atoms with E-state index < -0.39 is 44.9 Å². The molecule has 0 bridgehead atoms. The number of hydrogen-bond donors (Lipinski definition) is 2. The summed E-state index contributed by atoms with van der Waals surface area (Å²) < 4.78 is 30.2. The minimum absolute atomic E-state index is 0.0128. The van der Waals surface area contributed by atoms with Crippen molar-refractivity contribution in [2.45, 2.75) is 195 Å². The number of ketones is 2. The second-order valence-corrected chi connectivity index (χ2v) is 24.0. The molecule has 13 heteroatoms. The van der Waals surface area contributed by atoms with Gasteiger partial charge in [0.15, 0.2) is 11.6 Å². The molecule has 7 fully saturated rings. The number of Topliss-reactive ketones (excluding diaryl/α,β-unsaturated/α-hetero) is 2. The van der Waals surface area contributed by atoms with E-state index in [0.29, 0.717) is 38.9 Å². The summed E-state index contributed by atoms with van der Waals surface area (Å²) >= 11 is 0. The first-order valence-electron chi connectivity index (χ1n) is 23.9. The zero-order chi connectivity index (χ0) is 43.6. The molecule has 7 rings (SSSR count). The zero-order valence-corrected chi connectivity index (χ0v) is 39.0. The first kappa shape index (κ1) is 45.6. The molecule has 2 spiro atoms. The molecule has 3 aliphatic heterocycles. The Kier molecular flexibility index (Phi) is 12.7. The molecule has 7 atom stereocenters. The van der Waals surface area contributed by atoms with Gasteiger partial charge >= 0.3 is 10.2 Å². The molecule has 0 aromatic carbocycles. The molecule has 7 aliphatic rings. The highest BCUT2D eigenvalue weighted by Crippen LogP contribution is 2.88. The molecule has 2 N–H and O–H groups in total. The summed E-state index contributed by atoms with van der Waals surface area (Å²) in [5.74, 6) is -2.03. The number of nitrogens with one attached hydrogen (secondary N) is 2. The van der Waals surface area contributed by atoms with Crippen LogP contribution < -0.4 is 10.0 Å². The van der Waals surface area contributed by atoms with Gasteiger partial charge in [0.1, 0.15) is 0 Å². The molecule has 3 heterocycles. The molecule has 0 radical (unpaired) electrons. The molecule has 0 aromatic rings. The second-order valence-electron chi connectivity index (χ2n) is 22.3. The van der Waals surface area contributed by atoms with Crippen LogP contribution in [0.2, 0.25) is 0 Å². The Hall–Kier alpha value is -2.38. The molecule has 60 heavy (non-hydrogen) atoms. The Bertz CT molecular complexity index is 1790. The summed E-state index contributed by atoms with van der Waals surface area (Å²) in [7, 11) is -4.03. The van der Waals surface area contributed by atoms with Crippen molar-refractivity contribution in [2.75, 3.05) is 26.2 Å². The molecule has 4 aliphatic carbocycles. The van der Waals surface area contributed by atoms with Crippen LogP contribution in [-0.4, -0.2) is 102 Å². The lowest BCUT2D eigenvalue weighted by Gasteiger charge is -2.40. The maximum atomic E-state index is 15.4. The Morgan fingerprint density at radius 1 is 0.800 bits per heavy atom. The van der Waals surface area contributed by atoms with Crippen molar-refractivity contribution >= 4 is 39.5 Å². The molecule has 338 valence electrons. The third-order valence-corrected chi connectivity index (χ3v) is 19.3. The summed E-state index contributed by atoms with van der Waals surface area (Å²) in [4.78, 5) is 77.4. The summed E-state index contributed by atoms with van der Waals surface area (Å²) in [5.41, 5.74) is -2.04. The number of rotatable bonds is 15. The number of nitrogens with zero attached hydrogens (tertiary/aromatic N) is 3. The van der Waals surface area contributed by atoms with Crippen LogP contribution in [0.15, 0.2) is 0 Å². The van der Waals surface area contributed by atoms with Gasteiger partial charge in [-0.2, -0.15) is 12.7 Å². The Labute approximate surface area is 361 Å². The van der Waals surface area contributed by atoms with Gasteiger partial charge in [-0.05, 0) is 113 Å². The van der Waals surface area contributed by atoms with Crippen LogP contribution in [0.3, 0.4) is 0 Å². The average Bonchev–Trinajstić information content (AvgIpc) is 3.63. The van der Waals surface area contributed by atoms with Crippen LogP contribution in [0.1, 0.15) is 171 Å². The first-order chi connectivity index (χ1) is 28.2. The highest BCUT2D eigenvalue weighted by atomic mass is 32.2. The fourth-order valence-corrected chi connectivity index (χ4v) is 14.9. The summed E-state index contributed by atoms with van der Waals surface area (Å²) in [6.45, 7) is 18.8. The van der Waals surface area contributed by atoms with Crippen LogP contribution in [0.5, 0.6) is 0 Å². The Morgan fingerprint density at radius 2 is 1.43 bits per heavy atom. The molecule has 0 unspecified atom stereocenters. The van der Waals surface area contributed by atoms with E-state index in [1.54, 1.807) is 4.90 Å². The van der Waals surface area contributed by atoms with Gasteiger partial charge in [0.05, 0.1) is 23.5 Å². The van der Waals surface area contributed by atoms with Gasteiger partial charge in [-0.1, -0.05) is 80.1 Å². The van der Waals surface area contributed by atoms with Crippen LogP contribution >= 0.6 is 0 Å². The van der Waals surface area contributed by atoms with E-state index in [1.807, 2.05) is 27.7 Å². The minimum Gasteiger partial charge on any atom is -0.345 e. The van der Waals surface area contributed by atoms with Crippen LogP contribution in [0.4, 0.5) is 0 Å². The maximum absolute atomic E-state index is 15.4. The fourth-order valence-electron chi connectivity index (χ4n) is 13.6. The van der Waals surface area contributed by atoms with Crippen molar-refractivity contribution in [1.82, 2.24) is 24.1 Å². The lowest BCUT2D eigenvalue weighted by atomic mass is 9.73. The van der Waals surface area contributed by atoms with Gasteiger partial charge in [0.2, 0.25) is 17.7 Å². The van der Waals surface area contributed by atoms with Gasteiger partial charge in [0, 0.05) is 49.9 Å².